The number of hydrogen-bond donors (Lipinski definition) is 4. The Morgan fingerprint density at radius 1 is 1.17 bits per heavy atom. The number of nitrogens with zero attached hydrogens (tertiary/aromatic N) is 2. The van der Waals surface area contributed by atoms with Crippen LogP contribution in [0.25, 0.3) is 0 Å². The van der Waals surface area contributed by atoms with Crippen molar-refractivity contribution in [2.75, 3.05) is 11.9 Å². The van der Waals surface area contributed by atoms with Crippen LogP contribution in [-0.2, 0) is 11.4 Å². The summed E-state index contributed by atoms with van der Waals surface area (Å²) in [5, 5.41) is 11.9. The molecule has 4 N–H and O–H groups in total. The Kier molecular flexibility index (Phi) is 6.72. The van der Waals surface area contributed by atoms with Crippen molar-refractivity contribution in [2.45, 2.75) is 13.5 Å². The van der Waals surface area contributed by atoms with Gasteiger partial charge < -0.3 is 10.1 Å². The van der Waals surface area contributed by atoms with E-state index < -0.39 is 17.2 Å². The van der Waals surface area contributed by atoms with Crippen molar-refractivity contribution in [2.24, 2.45) is 5.10 Å². The lowest BCUT2D eigenvalue weighted by molar-refractivity contribution is -0.119. The quantitative estimate of drug-likeness (QED) is 0.322. The first-order valence-electron chi connectivity index (χ1n) is 9.03. The molecule has 30 heavy (non-hydrogen) atoms. The molecule has 154 valence electrons. The lowest BCUT2D eigenvalue weighted by Gasteiger charge is -2.08. The van der Waals surface area contributed by atoms with E-state index in [0.29, 0.717) is 6.61 Å². The minimum absolute atomic E-state index is 0.171. The molecule has 10 nitrogen and oxygen atoms in total. The number of rotatable bonds is 8. The highest BCUT2D eigenvalue weighted by Crippen LogP contribution is 2.15. The van der Waals surface area contributed by atoms with E-state index in [1.807, 2.05) is 60.4 Å². The van der Waals surface area contributed by atoms with Gasteiger partial charge in [-0.3, -0.25) is 14.6 Å². The number of ether oxygens (including phenoxy) is 1. The largest absolute Gasteiger partial charge is 0.489 e. The molecule has 1 amide bonds. The molecule has 0 spiro atoms. The minimum Gasteiger partial charge on any atom is -0.489 e. The third-order valence-electron chi connectivity index (χ3n) is 4.07. The van der Waals surface area contributed by atoms with Gasteiger partial charge in [-0.15, -0.1) is 5.10 Å². The van der Waals surface area contributed by atoms with Crippen LogP contribution in [-0.4, -0.2) is 33.8 Å². The van der Waals surface area contributed by atoms with E-state index in [1.165, 1.54) is 11.8 Å². The van der Waals surface area contributed by atoms with Gasteiger partial charge in [0.2, 0.25) is 5.82 Å². The SMILES string of the molecule is Cc1ccccc1COc1ccc(/C=N/NC(=O)CNc2n[nH]c(=O)[nH]c2=O)cc1. The van der Waals surface area contributed by atoms with Gasteiger partial charge in [0, 0.05) is 0 Å². The fourth-order valence-corrected chi connectivity index (χ4v) is 2.43. The van der Waals surface area contributed by atoms with Crippen molar-refractivity contribution in [3.63, 3.8) is 0 Å². The minimum atomic E-state index is -0.730. The predicted molar refractivity (Wildman–Crippen MR) is 112 cm³/mol. The monoisotopic (exact) mass is 408 g/mol. The summed E-state index contributed by atoms with van der Waals surface area (Å²) in [6.45, 7) is 2.28. The maximum Gasteiger partial charge on any atom is 0.342 e. The average molecular weight is 408 g/mol. The van der Waals surface area contributed by atoms with Gasteiger partial charge in [0.15, 0.2) is 0 Å². The number of H-pyrrole nitrogens is 2. The van der Waals surface area contributed by atoms with Crippen molar-refractivity contribution >= 4 is 17.9 Å². The molecule has 3 aromatic rings. The molecule has 10 heteroatoms. The van der Waals surface area contributed by atoms with Crippen LogP contribution in [0.1, 0.15) is 16.7 Å². The first-order valence-corrected chi connectivity index (χ1v) is 9.03. The van der Waals surface area contributed by atoms with E-state index in [-0.39, 0.29) is 12.4 Å². The molecule has 3 rings (SSSR count). The third kappa shape index (κ3) is 5.89. The van der Waals surface area contributed by atoms with Gasteiger partial charge in [-0.25, -0.2) is 15.3 Å². The molecule has 0 bridgehead atoms. The Morgan fingerprint density at radius 3 is 2.67 bits per heavy atom. The van der Waals surface area contributed by atoms with E-state index in [0.717, 1.165) is 16.9 Å². The first kappa shape index (κ1) is 20.5. The molecule has 0 fully saturated rings. The van der Waals surface area contributed by atoms with Gasteiger partial charge in [0.1, 0.15) is 12.4 Å². The van der Waals surface area contributed by atoms with Gasteiger partial charge in [0.05, 0.1) is 12.8 Å². The Bertz CT molecular complexity index is 1150. The van der Waals surface area contributed by atoms with E-state index in [9.17, 15) is 14.4 Å². The number of aromatic amines is 2. The molecular formula is C20H20N6O4. The number of amides is 1. The first-order chi connectivity index (χ1) is 14.5. The zero-order valence-corrected chi connectivity index (χ0v) is 16.1. The third-order valence-corrected chi connectivity index (χ3v) is 4.07. The second-order valence-electron chi connectivity index (χ2n) is 6.29. The van der Waals surface area contributed by atoms with Crippen LogP contribution in [0.5, 0.6) is 5.75 Å². The van der Waals surface area contributed by atoms with Crippen LogP contribution in [0.3, 0.4) is 0 Å². The molecule has 0 aliphatic heterocycles. The second kappa shape index (κ2) is 9.82. The summed E-state index contributed by atoms with van der Waals surface area (Å²) >= 11 is 0. The van der Waals surface area contributed by atoms with Crippen molar-refractivity contribution in [3.05, 3.63) is 86.1 Å². The summed E-state index contributed by atoms with van der Waals surface area (Å²) in [6, 6.07) is 15.3. The fraction of sp³-hybridized carbons (Fsp3) is 0.150. The molecule has 0 saturated carbocycles. The van der Waals surface area contributed by atoms with Crippen LogP contribution >= 0.6 is 0 Å². The van der Waals surface area contributed by atoms with Gasteiger partial charge in [-0.2, -0.15) is 5.10 Å². The molecule has 0 radical (unpaired) electrons. The normalized spacial score (nSPS) is 10.7. The fourth-order valence-electron chi connectivity index (χ4n) is 2.43. The summed E-state index contributed by atoms with van der Waals surface area (Å²) in [6.07, 6.45) is 1.48. The van der Waals surface area contributed by atoms with Crippen molar-refractivity contribution < 1.29 is 9.53 Å². The molecule has 0 aliphatic rings. The highest BCUT2D eigenvalue weighted by atomic mass is 16.5. The Morgan fingerprint density at radius 2 is 1.93 bits per heavy atom. The van der Waals surface area contributed by atoms with E-state index in [1.54, 1.807) is 0 Å². The number of aromatic nitrogens is 3. The number of hydrogen-bond acceptors (Lipinski definition) is 7. The van der Waals surface area contributed by atoms with Crippen molar-refractivity contribution in [3.8, 4) is 5.75 Å². The van der Waals surface area contributed by atoms with Crippen LogP contribution < -0.4 is 26.7 Å². The predicted octanol–water partition coefficient (Wildman–Crippen LogP) is 0.908. The number of carbonyl (C=O) groups is 1. The Hall–Kier alpha value is -4.21. The molecule has 0 saturated heterocycles. The maximum absolute atomic E-state index is 11.8. The number of benzene rings is 2. The molecule has 1 heterocycles. The van der Waals surface area contributed by atoms with E-state index in [4.69, 9.17) is 4.74 Å². The Labute approximate surface area is 171 Å². The standard InChI is InChI=1S/C20H20N6O4/c1-13-4-2-3-5-15(13)12-30-16-8-6-14(7-9-16)10-22-24-17(27)11-21-18-19(28)23-20(29)26-25-18/h2-10H,11-12H2,1H3,(H,21,25)(H,24,27)(H2,23,26,28,29)/b22-10+. The summed E-state index contributed by atoms with van der Waals surface area (Å²) in [5.74, 6) is 0.0640. The van der Waals surface area contributed by atoms with Crippen LogP contribution in [0, 0.1) is 6.92 Å². The average Bonchev–Trinajstić information content (AvgIpc) is 2.73. The molecule has 0 unspecified atom stereocenters. The smallest absolute Gasteiger partial charge is 0.342 e. The van der Waals surface area contributed by atoms with Crippen LogP contribution in [0.4, 0.5) is 5.82 Å². The highest BCUT2D eigenvalue weighted by Gasteiger charge is 2.04. The molecule has 1 aromatic heterocycles. The summed E-state index contributed by atoms with van der Waals surface area (Å²) < 4.78 is 5.78. The second-order valence-corrected chi connectivity index (χ2v) is 6.29. The van der Waals surface area contributed by atoms with Crippen LogP contribution in [0.15, 0.2) is 63.2 Å². The van der Waals surface area contributed by atoms with Crippen molar-refractivity contribution in [1.29, 1.82) is 0 Å². The summed E-state index contributed by atoms with van der Waals surface area (Å²) in [5.41, 5.74) is 3.94. The zero-order chi connectivity index (χ0) is 21.3. The highest BCUT2D eigenvalue weighted by molar-refractivity contribution is 5.84. The van der Waals surface area contributed by atoms with Crippen molar-refractivity contribution in [1.82, 2.24) is 20.6 Å². The number of hydrazone groups is 1. The van der Waals surface area contributed by atoms with E-state index >= 15 is 0 Å². The molecule has 2 aromatic carbocycles. The van der Waals surface area contributed by atoms with Crippen LogP contribution in [0.2, 0.25) is 0 Å². The number of aryl methyl sites for hydroxylation is 1. The maximum atomic E-state index is 11.8. The summed E-state index contributed by atoms with van der Waals surface area (Å²) in [7, 11) is 0. The van der Waals surface area contributed by atoms with Gasteiger partial charge in [-0.1, -0.05) is 24.3 Å². The number of carbonyl (C=O) groups excluding carboxylic acids is 1. The molecular weight excluding hydrogens is 388 g/mol. The van der Waals surface area contributed by atoms with E-state index in [2.05, 4.69) is 26.0 Å². The van der Waals surface area contributed by atoms with Gasteiger partial charge >= 0.3 is 5.69 Å². The molecule has 0 atom stereocenters. The lowest BCUT2D eigenvalue weighted by Crippen LogP contribution is -2.31. The molecule has 0 aliphatic carbocycles. The summed E-state index contributed by atoms with van der Waals surface area (Å²) in [4.78, 5) is 36.1. The van der Waals surface area contributed by atoms with Gasteiger partial charge in [-0.05, 0) is 47.9 Å². The Balaban J connectivity index is 1.45. The lowest BCUT2D eigenvalue weighted by atomic mass is 10.1. The number of nitrogens with one attached hydrogen (secondary N) is 4. The number of anilines is 1. The van der Waals surface area contributed by atoms with Gasteiger partial charge in [0.25, 0.3) is 11.5 Å². The zero-order valence-electron chi connectivity index (χ0n) is 16.1. The topological polar surface area (TPSA) is 141 Å².